The van der Waals surface area contributed by atoms with E-state index in [4.69, 9.17) is 0 Å². The van der Waals surface area contributed by atoms with Crippen molar-refractivity contribution in [1.29, 1.82) is 0 Å². The summed E-state index contributed by atoms with van der Waals surface area (Å²) in [5.74, 6) is 1.23. The fourth-order valence-corrected chi connectivity index (χ4v) is 1.99. The lowest BCUT2D eigenvalue weighted by molar-refractivity contribution is -0.117. The SMILES string of the molecule is CC.CC(C)c1cc(NC(=O)C2CC2)nc2ccnn12. The molecule has 0 bridgehead atoms. The van der Waals surface area contributed by atoms with Gasteiger partial charge in [-0.25, -0.2) is 9.50 Å². The zero-order valence-electron chi connectivity index (χ0n) is 12.6. The minimum absolute atomic E-state index is 0.0843. The number of carbonyl (C=O) groups excluding carboxylic acids is 1. The van der Waals surface area contributed by atoms with Crippen molar-refractivity contribution >= 4 is 17.4 Å². The summed E-state index contributed by atoms with van der Waals surface area (Å²) in [6.45, 7) is 8.20. The van der Waals surface area contributed by atoms with Gasteiger partial charge in [0.1, 0.15) is 5.82 Å². The molecular formula is C15H22N4O. The molecule has 2 aromatic heterocycles. The summed E-state index contributed by atoms with van der Waals surface area (Å²) < 4.78 is 1.82. The van der Waals surface area contributed by atoms with E-state index in [1.165, 1.54) is 0 Å². The van der Waals surface area contributed by atoms with Crippen LogP contribution in [0.15, 0.2) is 18.3 Å². The number of anilines is 1. The molecule has 5 nitrogen and oxygen atoms in total. The first kappa shape index (κ1) is 14.5. The highest BCUT2D eigenvalue weighted by molar-refractivity contribution is 5.93. The van der Waals surface area contributed by atoms with E-state index in [-0.39, 0.29) is 11.8 Å². The van der Waals surface area contributed by atoms with Crippen molar-refractivity contribution < 1.29 is 4.79 Å². The quantitative estimate of drug-likeness (QED) is 0.934. The maximum atomic E-state index is 11.8. The predicted molar refractivity (Wildman–Crippen MR) is 79.8 cm³/mol. The Morgan fingerprint density at radius 2 is 2.10 bits per heavy atom. The Bertz CT molecular complexity index is 599. The molecule has 0 aromatic carbocycles. The number of carbonyl (C=O) groups is 1. The Hall–Kier alpha value is -1.91. The Morgan fingerprint density at radius 1 is 1.40 bits per heavy atom. The average molecular weight is 274 g/mol. The summed E-state index contributed by atoms with van der Waals surface area (Å²) in [5.41, 5.74) is 1.82. The molecule has 108 valence electrons. The number of rotatable bonds is 3. The number of nitrogens with zero attached hydrogens (tertiary/aromatic N) is 3. The van der Waals surface area contributed by atoms with E-state index < -0.39 is 0 Å². The van der Waals surface area contributed by atoms with Crippen LogP contribution < -0.4 is 5.32 Å². The van der Waals surface area contributed by atoms with Gasteiger partial charge in [0.05, 0.1) is 11.9 Å². The van der Waals surface area contributed by atoms with Gasteiger partial charge in [0.15, 0.2) is 5.65 Å². The Morgan fingerprint density at radius 3 is 2.70 bits per heavy atom. The fourth-order valence-electron chi connectivity index (χ4n) is 1.99. The molecule has 2 heterocycles. The summed E-state index contributed by atoms with van der Waals surface area (Å²) in [6, 6.07) is 3.75. The van der Waals surface area contributed by atoms with Crippen LogP contribution >= 0.6 is 0 Å². The highest BCUT2D eigenvalue weighted by Gasteiger charge is 2.30. The van der Waals surface area contributed by atoms with E-state index in [0.717, 1.165) is 24.2 Å². The molecular weight excluding hydrogens is 252 g/mol. The second-order valence-corrected chi connectivity index (χ2v) is 5.09. The van der Waals surface area contributed by atoms with Crippen LogP contribution in [-0.4, -0.2) is 20.5 Å². The molecule has 0 unspecified atom stereocenters. The van der Waals surface area contributed by atoms with Crippen molar-refractivity contribution in [3.63, 3.8) is 0 Å². The first-order valence-corrected chi connectivity index (χ1v) is 7.30. The second kappa shape index (κ2) is 6.03. The number of fused-ring (bicyclic) bond motifs is 1. The van der Waals surface area contributed by atoms with E-state index in [1.54, 1.807) is 6.20 Å². The van der Waals surface area contributed by atoms with Gasteiger partial charge < -0.3 is 5.32 Å². The van der Waals surface area contributed by atoms with Gasteiger partial charge in [-0.05, 0) is 18.8 Å². The summed E-state index contributed by atoms with van der Waals surface area (Å²) in [7, 11) is 0. The summed E-state index contributed by atoms with van der Waals surface area (Å²) >= 11 is 0. The van der Waals surface area contributed by atoms with Crippen LogP contribution in [-0.2, 0) is 4.79 Å². The lowest BCUT2D eigenvalue weighted by Crippen LogP contribution is -2.15. The zero-order chi connectivity index (χ0) is 14.7. The molecule has 0 spiro atoms. The van der Waals surface area contributed by atoms with Crippen LogP contribution in [0, 0.1) is 5.92 Å². The van der Waals surface area contributed by atoms with Crippen molar-refractivity contribution in [2.45, 2.75) is 46.5 Å². The number of aromatic nitrogens is 3. The molecule has 5 heteroatoms. The third-order valence-corrected chi connectivity index (χ3v) is 3.18. The molecule has 0 atom stereocenters. The maximum absolute atomic E-state index is 11.8. The van der Waals surface area contributed by atoms with Crippen LogP contribution in [0.5, 0.6) is 0 Å². The van der Waals surface area contributed by atoms with Gasteiger partial charge in [0, 0.05) is 18.1 Å². The maximum Gasteiger partial charge on any atom is 0.228 e. The third kappa shape index (κ3) is 2.98. The topological polar surface area (TPSA) is 59.3 Å². The van der Waals surface area contributed by atoms with Gasteiger partial charge in [-0.15, -0.1) is 0 Å². The Balaban J connectivity index is 0.000000704. The molecule has 0 aliphatic heterocycles. The van der Waals surface area contributed by atoms with Crippen LogP contribution in [0.1, 0.15) is 52.1 Å². The molecule has 1 amide bonds. The monoisotopic (exact) mass is 274 g/mol. The standard InChI is InChI=1S/C13H16N4O.C2H6/c1-8(2)10-7-11(16-13(18)9-3-4-9)15-12-5-6-14-17(10)12;1-2/h5-9H,3-4H2,1-2H3,(H,15,16,18);1-2H3. The first-order valence-electron chi connectivity index (χ1n) is 7.30. The van der Waals surface area contributed by atoms with E-state index >= 15 is 0 Å². The lowest BCUT2D eigenvalue weighted by atomic mass is 10.1. The molecule has 2 aromatic rings. The minimum Gasteiger partial charge on any atom is -0.310 e. The zero-order valence-corrected chi connectivity index (χ0v) is 12.6. The molecule has 1 N–H and O–H groups in total. The van der Waals surface area contributed by atoms with Crippen LogP contribution in [0.2, 0.25) is 0 Å². The molecule has 3 rings (SSSR count). The summed E-state index contributed by atoms with van der Waals surface area (Å²) in [4.78, 5) is 16.2. The van der Waals surface area contributed by atoms with Crippen molar-refractivity contribution in [1.82, 2.24) is 14.6 Å². The van der Waals surface area contributed by atoms with Crippen molar-refractivity contribution in [2.24, 2.45) is 5.92 Å². The number of hydrogen-bond donors (Lipinski definition) is 1. The number of amides is 1. The highest BCUT2D eigenvalue weighted by Crippen LogP contribution is 2.30. The lowest BCUT2D eigenvalue weighted by Gasteiger charge is -2.11. The van der Waals surface area contributed by atoms with Gasteiger partial charge in [0.25, 0.3) is 0 Å². The Labute approximate surface area is 119 Å². The molecule has 0 radical (unpaired) electrons. The normalized spacial score (nSPS) is 14.1. The van der Waals surface area contributed by atoms with E-state index in [1.807, 2.05) is 30.5 Å². The van der Waals surface area contributed by atoms with Crippen LogP contribution in [0.4, 0.5) is 5.82 Å². The number of hydrogen-bond acceptors (Lipinski definition) is 3. The first-order chi connectivity index (χ1) is 9.65. The van der Waals surface area contributed by atoms with Crippen molar-refractivity contribution in [3.8, 4) is 0 Å². The van der Waals surface area contributed by atoms with Gasteiger partial charge in [-0.2, -0.15) is 5.10 Å². The minimum atomic E-state index is 0.0843. The summed E-state index contributed by atoms with van der Waals surface area (Å²) in [6.07, 6.45) is 3.72. The van der Waals surface area contributed by atoms with Gasteiger partial charge in [-0.3, -0.25) is 4.79 Å². The van der Waals surface area contributed by atoms with Gasteiger partial charge in [0.2, 0.25) is 5.91 Å². The average Bonchev–Trinajstić information content (AvgIpc) is 3.19. The summed E-state index contributed by atoms with van der Waals surface area (Å²) in [5, 5.41) is 7.14. The largest absolute Gasteiger partial charge is 0.310 e. The van der Waals surface area contributed by atoms with Crippen molar-refractivity contribution in [3.05, 3.63) is 24.0 Å². The van der Waals surface area contributed by atoms with Gasteiger partial charge >= 0.3 is 0 Å². The van der Waals surface area contributed by atoms with Gasteiger partial charge in [-0.1, -0.05) is 27.7 Å². The van der Waals surface area contributed by atoms with Crippen molar-refractivity contribution in [2.75, 3.05) is 5.32 Å². The molecule has 1 fully saturated rings. The molecule has 20 heavy (non-hydrogen) atoms. The molecule has 1 aliphatic carbocycles. The molecule has 1 aliphatic rings. The van der Waals surface area contributed by atoms with Crippen LogP contribution in [0.25, 0.3) is 5.65 Å². The predicted octanol–water partition coefficient (Wildman–Crippen LogP) is 3.23. The number of nitrogens with one attached hydrogen (secondary N) is 1. The second-order valence-electron chi connectivity index (χ2n) is 5.09. The molecule has 0 saturated heterocycles. The highest BCUT2D eigenvalue weighted by atomic mass is 16.2. The van der Waals surface area contributed by atoms with Crippen LogP contribution in [0.3, 0.4) is 0 Å². The molecule has 1 saturated carbocycles. The third-order valence-electron chi connectivity index (χ3n) is 3.18. The Kier molecular flexibility index (Phi) is 4.37. The van der Waals surface area contributed by atoms with E-state index in [2.05, 4.69) is 29.2 Å². The van der Waals surface area contributed by atoms with E-state index in [0.29, 0.717) is 11.7 Å². The van der Waals surface area contributed by atoms with E-state index in [9.17, 15) is 4.79 Å². The fraction of sp³-hybridized carbons (Fsp3) is 0.533. The smallest absolute Gasteiger partial charge is 0.228 e.